The number of para-hydroxylation sites is 1. The third kappa shape index (κ3) is 3.39. The van der Waals surface area contributed by atoms with E-state index >= 15 is 0 Å². The Morgan fingerprint density at radius 3 is 2.50 bits per heavy atom. The van der Waals surface area contributed by atoms with Crippen LogP contribution in [0.5, 0.6) is 0 Å². The number of ketones is 1. The van der Waals surface area contributed by atoms with Gasteiger partial charge in [0.2, 0.25) is 0 Å². The van der Waals surface area contributed by atoms with Gasteiger partial charge in [-0.2, -0.15) is 0 Å². The highest BCUT2D eigenvalue weighted by molar-refractivity contribution is 8.14. The predicted molar refractivity (Wildman–Crippen MR) is 94.1 cm³/mol. The van der Waals surface area contributed by atoms with Crippen LogP contribution in [0, 0.1) is 6.92 Å². The Morgan fingerprint density at radius 1 is 1.14 bits per heavy atom. The maximum Gasteiger partial charge on any atom is 0.182 e. The molecule has 2 aromatic rings. The summed E-state index contributed by atoms with van der Waals surface area (Å²) in [7, 11) is 0. The first-order chi connectivity index (χ1) is 10.7. The summed E-state index contributed by atoms with van der Waals surface area (Å²) in [5, 5.41) is 0.937. The quantitative estimate of drug-likeness (QED) is 0.806. The second-order valence-corrected chi connectivity index (χ2v) is 6.29. The average molecular weight is 310 g/mol. The van der Waals surface area contributed by atoms with Gasteiger partial charge in [0.15, 0.2) is 11.0 Å². The molecule has 1 aliphatic heterocycles. The van der Waals surface area contributed by atoms with Crippen LogP contribution < -0.4 is 4.90 Å². The Bertz CT molecular complexity index is 680. The molecule has 0 radical (unpaired) electrons. The third-order valence-electron chi connectivity index (χ3n) is 3.54. The van der Waals surface area contributed by atoms with E-state index in [1.165, 1.54) is 0 Å². The molecule has 22 heavy (non-hydrogen) atoms. The molecule has 4 heteroatoms. The molecule has 0 atom stereocenters. The molecule has 0 aliphatic carbocycles. The molecule has 0 saturated carbocycles. The van der Waals surface area contributed by atoms with Crippen molar-refractivity contribution in [2.45, 2.75) is 6.92 Å². The van der Waals surface area contributed by atoms with Gasteiger partial charge in [-0.1, -0.05) is 59.8 Å². The van der Waals surface area contributed by atoms with E-state index in [4.69, 9.17) is 0 Å². The van der Waals surface area contributed by atoms with Crippen LogP contribution >= 0.6 is 11.8 Å². The lowest BCUT2D eigenvalue weighted by Crippen LogP contribution is -2.33. The molecule has 1 aliphatic rings. The summed E-state index contributed by atoms with van der Waals surface area (Å²) in [6.45, 7) is 3.16. The Hall–Kier alpha value is -2.07. The summed E-state index contributed by atoms with van der Waals surface area (Å²) in [6, 6.07) is 17.7. The largest absolute Gasteiger partial charge is 0.313 e. The smallest absolute Gasteiger partial charge is 0.182 e. The second kappa shape index (κ2) is 6.79. The molecule has 0 N–H and O–H groups in total. The number of benzene rings is 2. The van der Waals surface area contributed by atoms with Gasteiger partial charge in [0.1, 0.15) is 0 Å². The van der Waals surface area contributed by atoms with Crippen molar-refractivity contribution in [2.75, 3.05) is 23.7 Å². The van der Waals surface area contributed by atoms with Crippen LogP contribution in [0.15, 0.2) is 59.6 Å². The normalized spacial score (nSPS) is 13.8. The number of aryl methyl sites for hydroxylation is 1. The van der Waals surface area contributed by atoms with E-state index in [1.54, 1.807) is 11.8 Å². The molecule has 0 aromatic heterocycles. The lowest BCUT2D eigenvalue weighted by atomic mass is 10.1. The molecule has 0 fully saturated rings. The number of carbonyl (C=O) groups is 1. The summed E-state index contributed by atoms with van der Waals surface area (Å²) in [5.41, 5.74) is 2.92. The number of amidine groups is 1. The molecule has 112 valence electrons. The van der Waals surface area contributed by atoms with E-state index in [9.17, 15) is 4.79 Å². The first kappa shape index (κ1) is 14.9. The van der Waals surface area contributed by atoms with Crippen LogP contribution in [0.25, 0.3) is 0 Å². The number of aliphatic imine (C=N–C) groups is 1. The fourth-order valence-corrected chi connectivity index (χ4v) is 3.21. The SMILES string of the molecule is Cc1ccc(C(=O)CN(C2=NCCS2)c2ccccc2)cc1. The van der Waals surface area contributed by atoms with Crippen LogP contribution in [-0.2, 0) is 0 Å². The highest BCUT2D eigenvalue weighted by Gasteiger charge is 2.21. The van der Waals surface area contributed by atoms with Crippen molar-refractivity contribution < 1.29 is 4.79 Å². The molecule has 3 rings (SSSR count). The Kier molecular flexibility index (Phi) is 4.59. The predicted octanol–water partition coefficient (Wildman–Crippen LogP) is 3.79. The number of hydrogen-bond acceptors (Lipinski definition) is 4. The fraction of sp³-hybridized carbons (Fsp3) is 0.222. The minimum Gasteiger partial charge on any atom is -0.313 e. The topological polar surface area (TPSA) is 32.7 Å². The van der Waals surface area contributed by atoms with Gasteiger partial charge in [0, 0.05) is 17.0 Å². The number of carbonyl (C=O) groups excluding carboxylic acids is 1. The molecule has 0 spiro atoms. The van der Waals surface area contributed by atoms with E-state index < -0.39 is 0 Å². The summed E-state index contributed by atoms with van der Waals surface area (Å²) < 4.78 is 0. The van der Waals surface area contributed by atoms with E-state index in [0.717, 1.165) is 34.3 Å². The first-order valence-electron chi connectivity index (χ1n) is 7.34. The van der Waals surface area contributed by atoms with E-state index in [-0.39, 0.29) is 5.78 Å². The molecule has 3 nitrogen and oxygen atoms in total. The number of nitrogens with zero attached hydrogens (tertiary/aromatic N) is 2. The summed E-state index contributed by atoms with van der Waals surface area (Å²) in [4.78, 5) is 19.1. The molecule has 1 heterocycles. The minimum atomic E-state index is 0.110. The van der Waals surface area contributed by atoms with Crippen molar-refractivity contribution in [1.82, 2.24) is 0 Å². The number of thioether (sulfide) groups is 1. The van der Waals surface area contributed by atoms with Gasteiger partial charge >= 0.3 is 0 Å². The molecule has 0 bridgehead atoms. The van der Waals surface area contributed by atoms with Crippen LogP contribution in [0.1, 0.15) is 15.9 Å². The van der Waals surface area contributed by atoms with E-state index in [2.05, 4.69) is 4.99 Å². The van der Waals surface area contributed by atoms with Crippen LogP contribution in [0.2, 0.25) is 0 Å². The maximum atomic E-state index is 12.6. The highest BCUT2D eigenvalue weighted by Crippen LogP contribution is 2.23. The first-order valence-corrected chi connectivity index (χ1v) is 8.32. The van der Waals surface area contributed by atoms with Gasteiger partial charge in [-0.05, 0) is 19.1 Å². The standard InChI is InChI=1S/C18H18N2OS/c1-14-7-9-15(10-8-14)17(21)13-20(18-19-11-12-22-18)16-5-3-2-4-6-16/h2-10H,11-13H2,1H3. The van der Waals surface area contributed by atoms with Crippen molar-refractivity contribution in [1.29, 1.82) is 0 Å². The van der Waals surface area contributed by atoms with Crippen molar-refractivity contribution in [3.63, 3.8) is 0 Å². The van der Waals surface area contributed by atoms with Crippen LogP contribution in [-0.4, -0.2) is 29.8 Å². The van der Waals surface area contributed by atoms with Crippen molar-refractivity contribution in [3.8, 4) is 0 Å². The van der Waals surface area contributed by atoms with Gasteiger partial charge in [0.05, 0.1) is 13.1 Å². The van der Waals surface area contributed by atoms with Crippen LogP contribution in [0.4, 0.5) is 5.69 Å². The Labute approximate surface area is 135 Å². The van der Waals surface area contributed by atoms with Crippen LogP contribution in [0.3, 0.4) is 0 Å². The molecule has 0 amide bonds. The minimum absolute atomic E-state index is 0.110. The Morgan fingerprint density at radius 2 is 1.86 bits per heavy atom. The number of hydrogen-bond donors (Lipinski definition) is 0. The van der Waals surface area contributed by atoms with Gasteiger partial charge in [-0.15, -0.1) is 0 Å². The van der Waals surface area contributed by atoms with Crippen molar-refractivity contribution in [3.05, 3.63) is 65.7 Å². The highest BCUT2D eigenvalue weighted by atomic mass is 32.2. The van der Waals surface area contributed by atoms with Crippen molar-refractivity contribution in [2.24, 2.45) is 4.99 Å². The van der Waals surface area contributed by atoms with E-state index in [1.807, 2.05) is 66.4 Å². The molecular weight excluding hydrogens is 292 g/mol. The summed E-state index contributed by atoms with van der Waals surface area (Å²) in [5.74, 6) is 1.09. The van der Waals surface area contributed by atoms with Gasteiger partial charge in [-0.3, -0.25) is 9.79 Å². The lowest BCUT2D eigenvalue weighted by molar-refractivity contribution is 0.100. The average Bonchev–Trinajstić information content (AvgIpc) is 3.08. The monoisotopic (exact) mass is 310 g/mol. The lowest BCUT2D eigenvalue weighted by Gasteiger charge is -2.23. The van der Waals surface area contributed by atoms with Gasteiger partial charge < -0.3 is 4.90 Å². The van der Waals surface area contributed by atoms with E-state index in [0.29, 0.717) is 6.54 Å². The Balaban J connectivity index is 1.84. The molecular formula is C18H18N2OS. The van der Waals surface area contributed by atoms with Crippen molar-refractivity contribution >= 4 is 28.4 Å². The summed E-state index contributed by atoms with van der Waals surface area (Å²) >= 11 is 1.71. The molecule has 2 aromatic carbocycles. The number of rotatable bonds is 4. The second-order valence-electron chi connectivity index (χ2n) is 5.22. The zero-order valence-electron chi connectivity index (χ0n) is 12.5. The summed E-state index contributed by atoms with van der Waals surface area (Å²) in [6.07, 6.45) is 0. The number of Topliss-reactive ketones (excluding diaryl/α,β-unsaturated/α-hetero) is 1. The zero-order chi connectivity index (χ0) is 15.4. The van der Waals surface area contributed by atoms with Gasteiger partial charge in [0.25, 0.3) is 0 Å². The van der Waals surface area contributed by atoms with Gasteiger partial charge in [-0.25, -0.2) is 0 Å². The zero-order valence-corrected chi connectivity index (χ0v) is 13.3. The molecule has 0 saturated heterocycles. The maximum absolute atomic E-state index is 12.6. The third-order valence-corrected chi connectivity index (χ3v) is 4.54. The number of anilines is 1. The fourth-order valence-electron chi connectivity index (χ4n) is 2.34. The molecule has 0 unspecified atom stereocenters.